The number of nitrogen functional groups attached to an aromatic ring is 1. The van der Waals surface area contributed by atoms with Gasteiger partial charge < -0.3 is 10.3 Å². The van der Waals surface area contributed by atoms with Crippen molar-refractivity contribution < 1.29 is 0 Å². The molecule has 2 aliphatic rings. The summed E-state index contributed by atoms with van der Waals surface area (Å²) in [5, 5.41) is 9.12. The molecule has 1 aromatic heterocycles. The van der Waals surface area contributed by atoms with Gasteiger partial charge in [-0.3, -0.25) is 0 Å². The highest BCUT2D eigenvalue weighted by atomic mass is 15.2. The van der Waals surface area contributed by atoms with Crippen molar-refractivity contribution in [3.05, 3.63) is 23.8 Å². The van der Waals surface area contributed by atoms with Crippen LogP contribution < -0.4 is 5.73 Å². The van der Waals surface area contributed by atoms with Gasteiger partial charge in [-0.1, -0.05) is 6.42 Å². The SMILES string of the molecule is CC(C1CC2CCC1C2)n1c(N)nc2ccc(C#N)cc21. The first-order chi connectivity index (χ1) is 10.2. The van der Waals surface area contributed by atoms with E-state index in [-0.39, 0.29) is 0 Å². The van der Waals surface area contributed by atoms with Gasteiger partial charge in [-0.25, -0.2) is 4.98 Å². The zero-order chi connectivity index (χ0) is 14.6. The fourth-order valence-electron chi connectivity index (χ4n) is 4.69. The lowest BCUT2D eigenvalue weighted by Crippen LogP contribution is -2.23. The van der Waals surface area contributed by atoms with Gasteiger partial charge in [0, 0.05) is 6.04 Å². The lowest BCUT2D eigenvalue weighted by atomic mass is 9.84. The van der Waals surface area contributed by atoms with E-state index in [0.29, 0.717) is 23.5 Å². The Bertz CT molecular complexity index is 739. The highest BCUT2D eigenvalue weighted by Gasteiger charge is 2.42. The molecule has 0 saturated heterocycles. The summed E-state index contributed by atoms with van der Waals surface area (Å²) in [7, 11) is 0. The van der Waals surface area contributed by atoms with Crippen molar-refractivity contribution in [1.29, 1.82) is 5.26 Å². The molecule has 4 nitrogen and oxygen atoms in total. The highest BCUT2D eigenvalue weighted by Crippen LogP contribution is 2.52. The molecule has 4 heteroatoms. The second-order valence-corrected chi connectivity index (χ2v) is 6.73. The summed E-state index contributed by atoms with van der Waals surface area (Å²) in [5.41, 5.74) is 8.74. The molecular weight excluding hydrogens is 260 g/mol. The van der Waals surface area contributed by atoms with E-state index in [4.69, 9.17) is 11.0 Å². The summed E-state index contributed by atoms with van der Waals surface area (Å²) < 4.78 is 2.15. The topological polar surface area (TPSA) is 67.6 Å². The standard InChI is InChI=1S/C17H20N4/c1-10(14-7-11-2-4-13(14)6-11)21-16-8-12(9-18)3-5-15(16)20-17(21)19/h3,5,8,10-11,13-14H,2,4,6-7H2,1H3,(H2,19,20). The minimum absolute atomic E-state index is 0.360. The molecule has 108 valence electrons. The van der Waals surface area contributed by atoms with Crippen molar-refractivity contribution in [1.82, 2.24) is 9.55 Å². The number of nitrogens with zero attached hydrogens (tertiary/aromatic N) is 3. The number of hydrogen-bond donors (Lipinski definition) is 1. The number of nitrogens with two attached hydrogens (primary N) is 1. The molecule has 0 spiro atoms. The van der Waals surface area contributed by atoms with Crippen molar-refractivity contribution in [3.8, 4) is 6.07 Å². The molecule has 1 heterocycles. The lowest BCUT2D eigenvalue weighted by molar-refractivity contribution is 0.248. The van der Waals surface area contributed by atoms with Crippen molar-refractivity contribution in [2.45, 2.75) is 38.6 Å². The normalized spacial score (nSPS) is 28.9. The van der Waals surface area contributed by atoms with Gasteiger partial charge in [0.1, 0.15) is 0 Å². The number of nitriles is 1. The average Bonchev–Trinajstić information content (AvgIpc) is 3.18. The van der Waals surface area contributed by atoms with E-state index < -0.39 is 0 Å². The second kappa shape index (κ2) is 4.49. The first-order valence-electron chi connectivity index (χ1n) is 7.85. The van der Waals surface area contributed by atoms with Crippen molar-refractivity contribution in [2.24, 2.45) is 17.8 Å². The van der Waals surface area contributed by atoms with Crippen LogP contribution in [0, 0.1) is 29.1 Å². The number of rotatable bonds is 2. The average molecular weight is 280 g/mol. The molecule has 1 aromatic carbocycles. The molecule has 2 bridgehead atoms. The van der Waals surface area contributed by atoms with Crippen LogP contribution >= 0.6 is 0 Å². The maximum atomic E-state index is 9.12. The molecule has 0 amide bonds. The number of fused-ring (bicyclic) bond motifs is 3. The zero-order valence-corrected chi connectivity index (χ0v) is 12.3. The van der Waals surface area contributed by atoms with Crippen LogP contribution in [0.1, 0.15) is 44.2 Å². The summed E-state index contributed by atoms with van der Waals surface area (Å²) in [6, 6.07) is 8.19. The Labute approximate surface area is 124 Å². The molecular formula is C17H20N4. The Morgan fingerprint density at radius 3 is 2.90 bits per heavy atom. The molecule has 21 heavy (non-hydrogen) atoms. The van der Waals surface area contributed by atoms with Crippen LogP contribution in [0.3, 0.4) is 0 Å². The van der Waals surface area contributed by atoms with Gasteiger partial charge in [0.2, 0.25) is 5.95 Å². The summed E-state index contributed by atoms with van der Waals surface area (Å²) in [4.78, 5) is 4.47. The van der Waals surface area contributed by atoms with Crippen LogP contribution in [-0.4, -0.2) is 9.55 Å². The van der Waals surface area contributed by atoms with Crippen LogP contribution in [0.5, 0.6) is 0 Å². The maximum Gasteiger partial charge on any atom is 0.201 e. The predicted molar refractivity (Wildman–Crippen MR) is 82.5 cm³/mol. The zero-order valence-electron chi connectivity index (χ0n) is 12.3. The molecule has 0 radical (unpaired) electrons. The number of hydrogen-bond acceptors (Lipinski definition) is 3. The van der Waals surface area contributed by atoms with Crippen molar-refractivity contribution in [2.75, 3.05) is 5.73 Å². The third-order valence-corrected chi connectivity index (χ3v) is 5.67. The highest BCUT2D eigenvalue weighted by molar-refractivity contribution is 5.80. The minimum atomic E-state index is 0.360. The Kier molecular flexibility index (Phi) is 2.72. The first-order valence-corrected chi connectivity index (χ1v) is 7.85. The van der Waals surface area contributed by atoms with E-state index in [9.17, 15) is 0 Å². The molecule has 2 aliphatic carbocycles. The van der Waals surface area contributed by atoms with Crippen LogP contribution in [-0.2, 0) is 0 Å². The minimum Gasteiger partial charge on any atom is -0.369 e. The second-order valence-electron chi connectivity index (χ2n) is 6.73. The number of anilines is 1. The molecule has 4 rings (SSSR count). The summed E-state index contributed by atoms with van der Waals surface area (Å²) >= 11 is 0. The van der Waals surface area contributed by atoms with Gasteiger partial charge in [-0.05, 0) is 62.1 Å². The monoisotopic (exact) mass is 280 g/mol. The van der Waals surface area contributed by atoms with Gasteiger partial charge >= 0.3 is 0 Å². The van der Waals surface area contributed by atoms with Crippen molar-refractivity contribution >= 4 is 17.0 Å². The third-order valence-electron chi connectivity index (χ3n) is 5.67. The fourth-order valence-corrected chi connectivity index (χ4v) is 4.69. The smallest absolute Gasteiger partial charge is 0.201 e. The molecule has 4 atom stereocenters. The Morgan fingerprint density at radius 1 is 1.38 bits per heavy atom. The largest absolute Gasteiger partial charge is 0.369 e. The lowest BCUT2D eigenvalue weighted by Gasteiger charge is -2.29. The molecule has 2 N–H and O–H groups in total. The Morgan fingerprint density at radius 2 is 2.24 bits per heavy atom. The number of aromatic nitrogens is 2. The molecule has 2 saturated carbocycles. The van der Waals surface area contributed by atoms with Gasteiger partial charge in [-0.15, -0.1) is 0 Å². The van der Waals surface area contributed by atoms with Crippen molar-refractivity contribution in [3.63, 3.8) is 0 Å². The number of imidazole rings is 1. The van der Waals surface area contributed by atoms with Crippen LogP contribution in [0.4, 0.5) is 5.95 Å². The van der Waals surface area contributed by atoms with E-state index in [1.165, 1.54) is 25.7 Å². The van der Waals surface area contributed by atoms with E-state index in [1.54, 1.807) is 6.07 Å². The van der Waals surface area contributed by atoms with E-state index in [1.807, 2.05) is 12.1 Å². The summed E-state index contributed by atoms with van der Waals surface area (Å²) in [5.74, 6) is 3.05. The summed E-state index contributed by atoms with van der Waals surface area (Å²) in [6.07, 6.45) is 5.50. The fraction of sp³-hybridized carbons (Fsp3) is 0.529. The maximum absolute atomic E-state index is 9.12. The Hall–Kier alpha value is -2.02. The summed E-state index contributed by atoms with van der Waals surface area (Å²) in [6.45, 7) is 2.27. The quantitative estimate of drug-likeness (QED) is 0.915. The predicted octanol–water partition coefficient (Wildman–Crippen LogP) is 3.49. The number of benzene rings is 1. The van der Waals surface area contributed by atoms with Gasteiger partial charge in [0.05, 0.1) is 22.7 Å². The van der Waals surface area contributed by atoms with Gasteiger partial charge in [-0.2, -0.15) is 5.26 Å². The third kappa shape index (κ3) is 1.84. The van der Waals surface area contributed by atoms with Crippen LogP contribution in [0.2, 0.25) is 0 Å². The van der Waals surface area contributed by atoms with E-state index in [0.717, 1.165) is 22.9 Å². The van der Waals surface area contributed by atoms with Gasteiger partial charge in [0.15, 0.2) is 0 Å². The van der Waals surface area contributed by atoms with E-state index >= 15 is 0 Å². The molecule has 4 unspecified atom stereocenters. The molecule has 2 fully saturated rings. The van der Waals surface area contributed by atoms with Gasteiger partial charge in [0.25, 0.3) is 0 Å². The van der Waals surface area contributed by atoms with Crippen LogP contribution in [0.15, 0.2) is 18.2 Å². The molecule has 0 aliphatic heterocycles. The Balaban J connectivity index is 1.78. The molecule has 2 aromatic rings. The van der Waals surface area contributed by atoms with E-state index in [2.05, 4.69) is 22.5 Å². The van der Waals surface area contributed by atoms with Crippen LogP contribution in [0.25, 0.3) is 11.0 Å². The first kappa shape index (κ1) is 12.7.